The largest absolute Gasteiger partial charge is 0.378 e. The summed E-state index contributed by atoms with van der Waals surface area (Å²) in [4.78, 5) is 25.4. The van der Waals surface area contributed by atoms with Gasteiger partial charge < -0.3 is 15.3 Å². The predicted octanol–water partition coefficient (Wildman–Crippen LogP) is 1.32. The molecule has 0 radical (unpaired) electrons. The van der Waals surface area contributed by atoms with Gasteiger partial charge in [0, 0.05) is 13.5 Å². The zero-order chi connectivity index (χ0) is 18.0. The molecule has 1 fully saturated rings. The highest BCUT2D eigenvalue weighted by molar-refractivity contribution is 5.97. The third-order valence-electron chi connectivity index (χ3n) is 4.28. The van der Waals surface area contributed by atoms with Gasteiger partial charge in [0.05, 0.1) is 24.6 Å². The van der Waals surface area contributed by atoms with Crippen molar-refractivity contribution in [3.63, 3.8) is 0 Å². The van der Waals surface area contributed by atoms with Crippen LogP contribution in [0.5, 0.6) is 0 Å². The standard InChI is InChI=1S/C17H19FN4O3/c1-12(23)21-8-4-7-17(25,11-21)16(24)20-13-9-19-22(10-13)15-6-3-2-5-14(15)18/h2-3,5-6,9-10,25H,4,7-8,11H2,1H3,(H,20,24). The number of likely N-dealkylation sites (tertiary alicyclic amines) is 1. The van der Waals surface area contributed by atoms with Crippen LogP contribution in [-0.2, 0) is 9.59 Å². The van der Waals surface area contributed by atoms with Gasteiger partial charge in [0.25, 0.3) is 5.91 Å². The first kappa shape index (κ1) is 17.1. The Kier molecular flexibility index (Phi) is 4.54. The fourth-order valence-corrected chi connectivity index (χ4v) is 2.89. The zero-order valence-electron chi connectivity index (χ0n) is 13.8. The van der Waals surface area contributed by atoms with Crippen LogP contribution in [0.2, 0.25) is 0 Å². The summed E-state index contributed by atoms with van der Waals surface area (Å²) in [6.07, 6.45) is 3.65. The van der Waals surface area contributed by atoms with Gasteiger partial charge in [-0.05, 0) is 25.0 Å². The van der Waals surface area contributed by atoms with Crippen LogP contribution in [0.25, 0.3) is 5.69 Å². The van der Waals surface area contributed by atoms with Crippen LogP contribution >= 0.6 is 0 Å². The van der Waals surface area contributed by atoms with E-state index in [1.165, 1.54) is 35.0 Å². The van der Waals surface area contributed by atoms with Gasteiger partial charge in [0.2, 0.25) is 5.91 Å². The molecule has 2 amide bonds. The van der Waals surface area contributed by atoms with Gasteiger partial charge in [0.1, 0.15) is 11.5 Å². The number of carbonyl (C=O) groups is 2. The van der Waals surface area contributed by atoms with E-state index in [4.69, 9.17) is 0 Å². The van der Waals surface area contributed by atoms with Crippen molar-refractivity contribution >= 4 is 17.5 Å². The van der Waals surface area contributed by atoms with Gasteiger partial charge in [-0.3, -0.25) is 9.59 Å². The second kappa shape index (κ2) is 6.64. The van der Waals surface area contributed by atoms with Crippen molar-refractivity contribution in [3.05, 3.63) is 42.5 Å². The average Bonchev–Trinajstić information content (AvgIpc) is 3.03. The Morgan fingerprint density at radius 1 is 1.36 bits per heavy atom. The van der Waals surface area contributed by atoms with Crippen molar-refractivity contribution in [2.45, 2.75) is 25.4 Å². The number of aliphatic hydroxyl groups is 1. The Labute approximate surface area is 144 Å². The van der Waals surface area contributed by atoms with E-state index in [9.17, 15) is 19.1 Å². The van der Waals surface area contributed by atoms with E-state index < -0.39 is 17.3 Å². The molecule has 25 heavy (non-hydrogen) atoms. The fraction of sp³-hybridized carbons (Fsp3) is 0.353. The maximum Gasteiger partial charge on any atom is 0.258 e. The van der Waals surface area contributed by atoms with E-state index in [2.05, 4.69) is 10.4 Å². The Balaban J connectivity index is 1.73. The molecular formula is C17H19FN4O3. The molecule has 3 rings (SSSR count). The number of hydrogen-bond donors (Lipinski definition) is 2. The van der Waals surface area contributed by atoms with Crippen molar-refractivity contribution in [2.24, 2.45) is 0 Å². The summed E-state index contributed by atoms with van der Waals surface area (Å²) in [6.45, 7) is 1.88. The minimum Gasteiger partial charge on any atom is -0.378 e. The van der Waals surface area contributed by atoms with Crippen molar-refractivity contribution in [3.8, 4) is 5.69 Å². The number of carbonyl (C=O) groups excluding carboxylic acids is 2. The summed E-state index contributed by atoms with van der Waals surface area (Å²) < 4.78 is 15.1. The number of nitrogens with one attached hydrogen (secondary N) is 1. The molecule has 8 heteroatoms. The van der Waals surface area contributed by atoms with Crippen LogP contribution in [0.1, 0.15) is 19.8 Å². The summed E-state index contributed by atoms with van der Waals surface area (Å²) in [5, 5.41) is 17.2. The van der Waals surface area contributed by atoms with Crippen LogP contribution in [0.4, 0.5) is 10.1 Å². The predicted molar refractivity (Wildman–Crippen MR) is 88.6 cm³/mol. The summed E-state index contributed by atoms with van der Waals surface area (Å²) in [7, 11) is 0. The van der Waals surface area contributed by atoms with Crippen molar-refractivity contribution < 1.29 is 19.1 Å². The topological polar surface area (TPSA) is 87.5 Å². The number of rotatable bonds is 3. The maximum atomic E-state index is 13.8. The van der Waals surface area contributed by atoms with E-state index in [1.54, 1.807) is 18.2 Å². The smallest absolute Gasteiger partial charge is 0.258 e. The maximum absolute atomic E-state index is 13.8. The molecule has 0 aliphatic carbocycles. The Morgan fingerprint density at radius 3 is 2.84 bits per heavy atom. The third-order valence-corrected chi connectivity index (χ3v) is 4.28. The molecule has 132 valence electrons. The number of β-amino-alcohol motifs (C(OH)–C–C–N with tert-alkyl or cyclic N) is 1. The van der Waals surface area contributed by atoms with Crippen LogP contribution in [0, 0.1) is 5.82 Å². The Morgan fingerprint density at radius 2 is 2.12 bits per heavy atom. The normalized spacial score (nSPS) is 20.4. The van der Waals surface area contributed by atoms with Gasteiger partial charge >= 0.3 is 0 Å². The highest BCUT2D eigenvalue weighted by atomic mass is 19.1. The first-order chi connectivity index (χ1) is 11.9. The number of nitrogens with zero attached hydrogens (tertiary/aromatic N) is 3. The third kappa shape index (κ3) is 3.53. The van der Waals surface area contributed by atoms with E-state index in [0.717, 1.165) is 0 Å². The molecule has 1 atom stereocenters. The van der Waals surface area contributed by atoms with Crippen LogP contribution in [0.3, 0.4) is 0 Å². The highest BCUT2D eigenvalue weighted by Gasteiger charge is 2.41. The van der Waals surface area contributed by atoms with E-state index in [0.29, 0.717) is 18.7 Å². The zero-order valence-corrected chi connectivity index (χ0v) is 13.8. The molecule has 0 saturated carbocycles. The van der Waals surface area contributed by atoms with Crippen LogP contribution in [0.15, 0.2) is 36.7 Å². The number of para-hydroxylation sites is 1. The lowest BCUT2D eigenvalue weighted by atomic mass is 9.91. The molecule has 0 bridgehead atoms. The van der Waals surface area contributed by atoms with Crippen molar-refractivity contribution in [2.75, 3.05) is 18.4 Å². The van der Waals surface area contributed by atoms with Gasteiger partial charge in [-0.15, -0.1) is 0 Å². The molecule has 1 unspecified atom stereocenters. The molecule has 2 N–H and O–H groups in total. The lowest BCUT2D eigenvalue weighted by Crippen LogP contribution is -2.56. The Hall–Kier alpha value is -2.74. The second-order valence-electron chi connectivity index (χ2n) is 6.15. The summed E-state index contributed by atoms with van der Waals surface area (Å²) in [5.74, 6) is -1.23. The van der Waals surface area contributed by atoms with E-state index >= 15 is 0 Å². The number of piperidine rings is 1. The molecule has 2 aromatic rings. The molecule has 7 nitrogen and oxygen atoms in total. The monoisotopic (exact) mass is 346 g/mol. The molecular weight excluding hydrogens is 327 g/mol. The molecule has 1 aromatic carbocycles. The van der Waals surface area contributed by atoms with Gasteiger partial charge in [-0.1, -0.05) is 12.1 Å². The number of amides is 2. The van der Waals surface area contributed by atoms with Gasteiger partial charge in [-0.2, -0.15) is 5.10 Å². The molecule has 1 aromatic heterocycles. The number of halogens is 1. The highest BCUT2D eigenvalue weighted by Crippen LogP contribution is 2.23. The van der Waals surface area contributed by atoms with Crippen molar-refractivity contribution in [1.29, 1.82) is 0 Å². The molecule has 2 heterocycles. The summed E-state index contributed by atoms with van der Waals surface area (Å²) >= 11 is 0. The van der Waals surface area contributed by atoms with E-state index in [1.807, 2.05) is 0 Å². The van der Waals surface area contributed by atoms with Crippen LogP contribution < -0.4 is 5.32 Å². The number of anilines is 1. The lowest BCUT2D eigenvalue weighted by molar-refractivity contribution is -0.146. The lowest BCUT2D eigenvalue weighted by Gasteiger charge is -2.37. The van der Waals surface area contributed by atoms with Crippen LogP contribution in [-0.4, -0.2) is 50.3 Å². The first-order valence-corrected chi connectivity index (χ1v) is 7.98. The number of hydrogen-bond acceptors (Lipinski definition) is 4. The molecule has 1 saturated heterocycles. The minimum absolute atomic E-state index is 0.0460. The first-order valence-electron chi connectivity index (χ1n) is 7.98. The molecule has 0 spiro atoms. The molecule has 1 aliphatic rings. The minimum atomic E-state index is -1.65. The van der Waals surface area contributed by atoms with Gasteiger partial charge in [0.15, 0.2) is 5.60 Å². The summed E-state index contributed by atoms with van der Waals surface area (Å²) in [6, 6.07) is 6.13. The quantitative estimate of drug-likeness (QED) is 0.878. The summed E-state index contributed by atoms with van der Waals surface area (Å²) in [5.41, 5.74) is -1.06. The van der Waals surface area contributed by atoms with Crippen molar-refractivity contribution in [1.82, 2.24) is 14.7 Å². The van der Waals surface area contributed by atoms with Gasteiger partial charge in [-0.25, -0.2) is 9.07 Å². The van der Waals surface area contributed by atoms with E-state index in [-0.39, 0.29) is 24.6 Å². The second-order valence-corrected chi connectivity index (χ2v) is 6.15. The SMILES string of the molecule is CC(=O)N1CCCC(O)(C(=O)Nc2cnn(-c3ccccc3F)c2)C1. The number of benzene rings is 1. The number of aromatic nitrogens is 2. The Bertz CT molecular complexity index is 807. The fourth-order valence-electron chi connectivity index (χ4n) is 2.89. The average molecular weight is 346 g/mol. The molecule has 1 aliphatic heterocycles.